The molecule has 0 bridgehead atoms. The van der Waals surface area contributed by atoms with Crippen LogP contribution in [-0.2, 0) is 11.3 Å². The van der Waals surface area contributed by atoms with Crippen LogP contribution in [0, 0.1) is 10.1 Å². The van der Waals surface area contributed by atoms with Crippen molar-refractivity contribution in [3.63, 3.8) is 0 Å². The summed E-state index contributed by atoms with van der Waals surface area (Å²) in [5, 5.41) is 14.8. The van der Waals surface area contributed by atoms with E-state index >= 15 is 0 Å². The number of carbonyl (C=O) groups excluding carboxylic acids is 1. The molecular weight excluding hydrogens is 381 g/mol. The van der Waals surface area contributed by atoms with E-state index in [0.717, 1.165) is 10.5 Å². The van der Waals surface area contributed by atoms with Gasteiger partial charge in [-0.05, 0) is 24.3 Å². The van der Waals surface area contributed by atoms with Gasteiger partial charge < -0.3 is 15.0 Å². The predicted molar refractivity (Wildman–Crippen MR) is 100 cm³/mol. The molecule has 0 saturated carbocycles. The molecule has 2 aromatic rings. The lowest BCUT2D eigenvalue weighted by Gasteiger charge is -2.15. The molecule has 2 rings (SSSR count). The van der Waals surface area contributed by atoms with Gasteiger partial charge in [-0.1, -0.05) is 29.3 Å². The van der Waals surface area contributed by atoms with Crippen LogP contribution >= 0.6 is 23.2 Å². The summed E-state index contributed by atoms with van der Waals surface area (Å²) >= 11 is 12.0. The first-order valence-corrected chi connectivity index (χ1v) is 8.43. The number of halogens is 2. The topological polar surface area (TPSA) is 85.9 Å². The van der Waals surface area contributed by atoms with E-state index in [0.29, 0.717) is 22.3 Å². The minimum absolute atomic E-state index is 0.113. The summed E-state index contributed by atoms with van der Waals surface area (Å²) < 4.78 is 4.97. The summed E-state index contributed by atoms with van der Waals surface area (Å²) in [5.41, 5.74) is 0.756. The number of benzene rings is 2. The molecule has 1 unspecified atom stereocenters. The van der Waals surface area contributed by atoms with Crippen molar-refractivity contribution in [2.75, 3.05) is 26.0 Å². The van der Waals surface area contributed by atoms with E-state index in [-0.39, 0.29) is 23.8 Å². The van der Waals surface area contributed by atoms with E-state index in [4.69, 9.17) is 27.9 Å². The molecule has 0 spiro atoms. The molecule has 0 aliphatic heterocycles. The second-order valence-corrected chi connectivity index (χ2v) is 6.58. The van der Waals surface area contributed by atoms with Gasteiger partial charge in [0.15, 0.2) is 6.54 Å². The molecule has 26 heavy (non-hydrogen) atoms. The third kappa shape index (κ3) is 5.32. The highest BCUT2D eigenvalue weighted by Crippen LogP contribution is 2.28. The van der Waals surface area contributed by atoms with Crippen molar-refractivity contribution in [2.45, 2.75) is 6.54 Å². The maximum absolute atomic E-state index is 12.2. The predicted octanol–water partition coefficient (Wildman–Crippen LogP) is 2.56. The Balaban J connectivity index is 2.03. The number of nitrogens with zero attached hydrogens (tertiary/aromatic N) is 1. The number of methoxy groups -OCH3 is 1. The minimum atomic E-state index is -0.567. The van der Waals surface area contributed by atoms with Crippen LogP contribution in [0.1, 0.15) is 5.56 Å². The lowest BCUT2D eigenvalue weighted by Crippen LogP contribution is -3.08. The zero-order valence-electron chi connectivity index (χ0n) is 14.2. The van der Waals surface area contributed by atoms with Crippen molar-refractivity contribution in [3.8, 4) is 5.75 Å². The quantitative estimate of drug-likeness (QED) is 0.554. The normalized spacial score (nSPS) is 11.7. The number of nitro benzene ring substituents is 1. The van der Waals surface area contributed by atoms with Gasteiger partial charge in [0.05, 0.1) is 30.2 Å². The number of anilines is 1. The molecule has 1 atom stereocenters. The summed E-state index contributed by atoms with van der Waals surface area (Å²) in [7, 11) is 3.24. The van der Waals surface area contributed by atoms with E-state index in [1.165, 1.54) is 19.2 Å². The van der Waals surface area contributed by atoms with Crippen LogP contribution in [0.15, 0.2) is 36.4 Å². The average Bonchev–Trinajstić information content (AvgIpc) is 2.57. The van der Waals surface area contributed by atoms with Crippen LogP contribution in [0.4, 0.5) is 11.4 Å². The van der Waals surface area contributed by atoms with Crippen molar-refractivity contribution in [1.82, 2.24) is 0 Å². The molecule has 2 aromatic carbocycles. The standard InChI is InChI=1S/C17H17Cl2N3O4/c1-21(9-11-3-4-12(18)7-14(11)19)10-17(23)20-15-6-5-13(26-2)8-16(15)22(24)25/h3-8H,9-10H2,1-2H3,(H,20,23)/p+1. The summed E-state index contributed by atoms with van der Waals surface area (Å²) in [6.07, 6.45) is 0. The van der Waals surface area contributed by atoms with Crippen LogP contribution < -0.4 is 15.0 Å². The molecule has 9 heteroatoms. The Hall–Kier alpha value is -2.35. The highest BCUT2D eigenvalue weighted by Gasteiger charge is 2.19. The molecule has 0 aromatic heterocycles. The number of hydrogen-bond donors (Lipinski definition) is 2. The van der Waals surface area contributed by atoms with Gasteiger partial charge in [0.2, 0.25) is 0 Å². The molecule has 0 radical (unpaired) electrons. The fraction of sp³-hybridized carbons (Fsp3) is 0.235. The third-order valence-electron chi connectivity index (χ3n) is 3.65. The summed E-state index contributed by atoms with van der Waals surface area (Å²) in [5.74, 6) is -0.00400. The maximum Gasteiger partial charge on any atom is 0.296 e. The summed E-state index contributed by atoms with van der Waals surface area (Å²) in [4.78, 5) is 23.7. The van der Waals surface area contributed by atoms with Gasteiger partial charge in [-0.2, -0.15) is 0 Å². The number of nitrogens with one attached hydrogen (secondary N) is 2. The van der Waals surface area contributed by atoms with Gasteiger partial charge in [0.25, 0.3) is 11.6 Å². The van der Waals surface area contributed by atoms with Crippen molar-refractivity contribution in [3.05, 3.63) is 62.1 Å². The lowest BCUT2D eigenvalue weighted by atomic mass is 10.2. The van der Waals surface area contributed by atoms with Crippen molar-refractivity contribution in [2.24, 2.45) is 0 Å². The zero-order chi connectivity index (χ0) is 19.3. The van der Waals surface area contributed by atoms with Crippen LogP contribution in [0.25, 0.3) is 0 Å². The molecule has 7 nitrogen and oxygen atoms in total. The van der Waals surface area contributed by atoms with Gasteiger partial charge in [0, 0.05) is 10.6 Å². The Morgan fingerprint density at radius 3 is 2.62 bits per heavy atom. The van der Waals surface area contributed by atoms with Crippen molar-refractivity contribution < 1.29 is 19.4 Å². The first-order valence-electron chi connectivity index (χ1n) is 7.67. The van der Waals surface area contributed by atoms with Gasteiger partial charge >= 0.3 is 0 Å². The molecule has 0 aliphatic carbocycles. The molecule has 0 heterocycles. The second-order valence-electron chi connectivity index (χ2n) is 5.73. The van der Waals surface area contributed by atoms with Crippen molar-refractivity contribution >= 4 is 40.5 Å². The van der Waals surface area contributed by atoms with Crippen LogP contribution in [0.2, 0.25) is 10.0 Å². The molecule has 0 aliphatic rings. The molecule has 2 N–H and O–H groups in total. The maximum atomic E-state index is 12.2. The Kier molecular flexibility index (Phi) is 6.79. The monoisotopic (exact) mass is 398 g/mol. The Bertz CT molecular complexity index is 830. The van der Waals surface area contributed by atoms with E-state index in [1.807, 2.05) is 7.05 Å². The number of amides is 1. The highest BCUT2D eigenvalue weighted by atomic mass is 35.5. The number of rotatable bonds is 7. The van der Waals surface area contributed by atoms with Gasteiger partial charge in [-0.25, -0.2) is 0 Å². The number of carbonyl (C=O) groups is 1. The smallest absolute Gasteiger partial charge is 0.296 e. The average molecular weight is 399 g/mol. The van der Waals surface area contributed by atoms with E-state index in [2.05, 4.69) is 5.32 Å². The number of likely N-dealkylation sites (N-methyl/N-ethyl adjacent to an activating group) is 1. The van der Waals surface area contributed by atoms with Crippen LogP contribution in [-0.4, -0.2) is 31.5 Å². The molecule has 1 amide bonds. The molecule has 0 saturated heterocycles. The largest absolute Gasteiger partial charge is 0.496 e. The van der Waals surface area contributed by atoms with Gasteiger partial charge in [-0.3, -0.25) is 14.9 Å². The number of ether oxygens (including phenoxy) is 1. The van der Waals surface area contributed by atoms with Crippen molar-refractivity contribution in [1.29, 1.82) is 0 Å². The number of nitro groups is 1. The Morgan fingerprint density at radius 1 is 1.27 bits per heavy atom. The van der Waals surface area contributed by atoms with Crippen LogP contribution in [0.3, 0.4) is 0 Å². The first-order chi connectivity index (χ1) is 12.3. The molecule has 0 fully saturated rings. The molecular formula is C17H18Cl2N3O4+. The summed E-state index contributed by atoms with van der Waals surface area (Å²) in [6, 6.07) is 9.44. The van der Waals surface area contributed by atoms with Crippen LogP contribution in [0.5, 0.6) is 5.75 Å². The van der Waals surface area contributed by atoms with E-state index in [9.17, 15) is 14.9 Å². The number of hydrogen-bond acceptors (Lipinski definition) is 4. The Labute approximate surface area is 160 Å². The zero-order valence-corrected chi connectivity index (χ0v) is 15.7. The number of quaternary nitrogens is 1. The third-order valence-corrected chi connectivity index (χ3v) is 4.23. The van der Waals surface area contributed by atoms with E-state index in [1.54, 1.807) is 24.3 Å². The SMILES string of the molecule is COc1ccc(NC(=O)C[NH+](C)Cc2ccc(Cl)cc2Cl)c([N+](=O)[O-])c1. The summed E-state index contributed by atoms with van der Waals surface area (Å²) in [6.45, 7) is 0.621. The van der Waals surface area contributed by atoms with E-state index < -0.39 is 4.92 Å². The minimum Gasteiger partial charge on any atom is -0.496 e. The van der Waals surface area contributed by atoms with Gasteiger partial charge in [-0.15, -0.1) is 0 Å². The fourth-order valence-electron chi connectivity index (χ4n) is 2.42. The lowest BCUT2D eigenvalue weighted by molar-refractivity contribution is -0.885. The first kappa shape index (κ1) is 20.0. The molecule has 138 valence electrons. The van der Waals surface area contributed by atoms with Gasteiger partial charge in [0.1, 0.15) is 18.0 Å². The fourth-order valence-corrected chi connectivity index (χ4v) is 2.89. The highest BCUT2D eigenvalue weighted by molar-refractivity contribution is 6.35. The Morgan fingerprint density at radius 2 is 2.00 bits per heavy atom. The second kappa shape index (κ2) is 8.84.